The van der Waals surface area contributed by atoms with Gasteiger partial charge < -0.3 is 9.32 Å². The van der Waals surface area contributed by atoms with Gasteiger partial charge in [0.05, 0.1) is 0 Å². The SMILES string of the molecule is Cc1ccc(N2CCN([C@H](c3ccccc3)c3nnc(-c4ccc(Cl)cc4)o3)CC2)c(C)c1. The zero-order valence-electron chi connectivity index (χ0n) is 18.9. The topological polar surface area (TPSA) is 45.4 Å². The maximum atomic E-state index is 6.20. The molecule has 2 heterocycles. The highest BCUT2D eigenvalue weighted by atomic mass is 35.5. The highest BCUT2D eigenvalue weighted by molar-refractivity contribution is 6.30. The van der Waals surface area contributed by atoms with Crippen LogP contribution in [-0.4, -0.2) is 41.3 Å². The van der Waals surface area contributed by atoms with Crippen molar-refractivity contribution in [3.8, 4) is 11.5 Å². The Hall–Kier alpha value is -3.15. The van der Waals surface area contributed by atoms with Crippen LogP contribution in [0.4, 0.5) is 5.69 Å². The van der Waals surface area contributed by atoms with Crippen molar-refractivity contribution < 1.29 is 4.42 Å². The zero-order chi connectivity index (χ0) is 22.8. The van der Waals surface area contributed by atoms with Gasteiger partial charge >= 0.3 is 0 Å². The molecule has 168 valence electrons. The van der Waals surface area contributed by atoms with Gasteiger partial charge in [0.1, 0.15) is 6.04 Å². The van der Waals surface area contributed by atoms with Crippen LogP contribution in [0.25, 0.3) is 11.5 Å². The van der Waals surface area contributed by atoms with E-state index in [-0.39, 0.29) is 6.04 Å². The Kier molecular flexibility index (Phi) is 6.16. The Labute approximate surface area is 199 Å². The molecule has 33 heavy (non-hydrogen) atoms. The largest absolute Gasteiger partial charge is 0.419 e. The number of benzene rings is 3. The highest BCUT2D eigenvalue weighted by Crippen LogP contribution is 2.32. The molecular weight excluding hydrogens is 432 g/mol. The van der Waals surface area contributed by atoms with E-state index in [1.807, 2.05) is 30.3 Å². The molecule has 0 radical (unpaired) electrons. The lowest BCUT2D eigenvalue weighted by Crippen LogP contribution is -2.48. The van der Waals surface area contributed by atoms with Gasteiger partial charge in [0, 0.05) is 42.5 Å². The molecule has 1 atom stereocenters. The van der Waals surface area contributed by atoms with Gasteiger partial charge in [0.15, 0.2) is 0 Å². The summed E-state index contributed by atoms with van der Waals surface area (Å²) in [4.78, 5) is 4.91. The third kappa shape index (κ3) is 4.65. The molecule has 1 aliphatic heterocycles. The zero-order valence-corrected chi connectivity index (χ0v) is 19.7. The van der Waals surface area contributed by atoms with Crippen molar-refractivity contribution in [1.29, 1.82) is 0 Å². The minimum atomic E-state index is -0.0824. The number of nitrogens with zero attached hydrogens (tertiary/aromatic N) is 4. The van der Waals surface area contributed by atoms with Crippen molar-refractivity contribution in [2.24, 2.45) is 0 Å². The second kappa shape index (κ2) is 9.38. The molecule has 5 rings (SSSR count). The predicted molar refractivity (Wildman–Crippen MR) is 133 cm³/mol. The molecule has 1 fully saturated rings. The summed E-state index contributed by atoms with van der Waals surface area (Å²) in [6.45, 7) is 8.05. The molecule has 0 N–H and O–H groups in total. The molecule has 1 aromatic heterocycles. The third-order valence-corrected chi connectivity index (χ3v) is 6.51. The molecule has 3 aromatic carbocycles. The van der Waals surface area contributed by atoms with Crippen LogP contribution in [0.15, 0.2) is 77.2 Å². The van der Waals surface area contributed by atoms with Crippen LogP contribution in [0.5, 0.6) is 0 Å². The lowest BCUT2D eigenvalue weighted by molar-refractivity contribution is 0.188. The van der Waals surface area contributed by atoms with Gasteiger partial charge in [-0.25, -0.2) is 0 Å². The average molecular weight is 459 g/mol. The van der Waals surface area contributed by atoms with E-state index >= 15 is 0 Å². The number of aryl methyl sites for hydroxylation is 2. The number of anilines is 1. The molecular formula is C27H27ClN4O. The summed E-state index contributed by atoms with van der Waals surface area (Å²) in [7, 11) is 0. The molecule has 4 aromatic rings. The Balaban J connectivity index is 1.40. The first-order valence-corrected chi connectivity index (χ1v) is 11.7. The highest BCUT2D eigenvalue weighted by Gasteiger charge is 2.31. The summed E-state index contributed by atoms with van der Waals surface area (Å²) >= 11 is 6.03. The molecule has 5 nitrogen and oxygen atoms in total. The summed E-state index contributed by atoms with van der Waals surface area (Å²) in [6, 6.07) is 24.5. The van der Waals surface area contributed by atoms with Crippen LogP contribution in [0.3, 0.4) is 0 Å². The predicted octanol–water partition coefficient (Wildman–Crippen LogP) is 5.92. The molecule has 6 heteroatoms. The van der Waals surface area contributed by atoms with Gasteiger partial charge in [-0.15, -0.1) is 10.2 Å². The van der Waals surface area contributed by atoms with E-state index in [1.165, 1.54) is 16.8 Å². The molecule has 1 aliphatic rings. The molecule has 0 aliphatic carbocycles. The Morgan fingerprint density at radius 2 is 1.58 bits per heavy atom. The standard InChI is InChI=1S/C27H27ClN4O/c1-19-8-13-24(20(2)18-19)31-14-16-32(17-15-31)25(21-6-4-3-5-7-21)27-30-29-26(33-27)22-9-11-23(28)12-10-22/h3-13,18,25H,14-17H2,1-2H3/t25-/m1/s1. The number of hydrogen-bond acceptors (Lipinski definition) is 5. The molecule has 0 spiro atoms. The summed E-state index contributed by atoms with van der Waals surface area (Å²) in [5.74, 6) is 1.13. The van der Waals surface area contributed by atoms with Gasteiger partial charge in [-0.3, -0.25) is 4.90 Å². The Morgan fingerprint density at radius 1 is 0.848 bits per heavy atom. The summed E-state index contributed by atoms with van der Waals surface area (Å²) in [5, 5.41) is 9.49. The van der Waals surface area contributed by atoms with Crippen molar-refractivity contribution >= 4 is 17.3 Å². The fourth-order valence-corrected chi connectivity index (χ4v) is 4.71. The van der Waals surface area contributed by atoms with E-state index < -0.39 is 0 Å². The fourth-order valence-electron chi connectivity index (χ4n) is 4.58. The van der Waals surface area contributed by atoms with E-state index in [1.54, 1.807) is 0 Å². The fraction of sp³-hybridized carbons (Fsp3) is 0.259. The van der Waals surface area contributed by atoms with Gasteiger partial charge in [0.25, 0.3) is 0 Å². The van der Waals surface area contributed by atoms with Crippen LogP contribution in [0.2, 0.25) is 5.02 Å². The van der Waals surface area contributed by atoms with Crippen LogP contribution >= 0.6 is 11.6 Å². The van der Waals surface area contributed by atoms with E-state index in [0.717, 1.165) is 37.3 Å². The smallest absolute Gasteiger partial charge is 0.247 e. The first-order valence-electron chi connectivity index (χ1n) is 11.3. The lowest BCUT2D eigenvalue weighted by atomic mass is 10.0. The summed E-state index contributed by atoms with van der Waals surface area (Å²) in [6.07, 6.45) is 0. The maximum absolute atomic E-state index is 6.20. The van der Waals surface area contributed by atoms with Gasteiger partial charge in [-0.2, -0.15) is 0 Å². The first-order chi connectivity index (χ1) is 16.1. The number of aromatic nitrogens is 2. The number of hydrogen-bond donors (Lipinski definition) is 0. The van der Waals surface area contributed by atoms with Crippen molar-refractivity contribution in [3.63, 3.8) is 0 Å². The normalized spacial score (nSPS) is 15.5. The van der Waals surface area contributed by atoms with Crippen molar-refractivity contribution in [2.75, 3.05) is 31.1 Å². The third-order valence-electron chi connectivity index (χ3n) is 6.25. The molecule has 0 bridgehead atoms. The van der Waals surface area contributed by atoms with Crippen LogP contribution in [-0.2, 0) is 0 Å². The van der Waals surface area contributed by atoms with Crippen LogP contribution in [0, 0.1) is 13.8 Å². The second-order valence-corrected chi connectivity index (χ2v) is 9.01. The Bertz CT molecular complexity index is 1210. The van der Waals surface area contributed by atoms with Crippen LogP contribution < -0.4 is 4.90 Å². The average Bonchev–Trinajstić information content (AvgIpc) is 3.31. The van der Waals surface area contributed by atoms with Crippen LogP contribution in [0.1, 0.15) is 28.6 Å². The monoisotopic (exact) mass is 458 g/mol. The lowest BCUT2D eigenvalue weighted by Gasteiger charge is -2.39. The molecule has 0 amide bonds. The van der Waals surface area contributed by atoms with Crippen molar-refractivity contribution in [2.45, 2.75) is 19.9 Å². The maximum Gasteiger partial charge on any atom is 0.247 e. The molecule has 1 saturated heterocycles. The molecule has 0 unspecified atom stereocenters. The molecule has 0 saturated carbocycles. The van der Waals surface area contributed by atoms with E-state index in [0.29, 0.717) is 16.8 Å². The van der Waals surface area contributed by atoms with Gasteiger partial charge in [-0.1, -0.05) is 59.6 Å². The first kappa shape index (κ1) is 21.7. The number of halogens is 1. The van der Waals surface area contributed by atoms with E-state index in [9.17, 15) is 0 Å². The quantitative estimate of drug-likeness (QED) is 0.371. The Morgan fingerprint density at radius 3 is 2.27 bits per heavy atom. The summed E-state index contributed by atoms with van der Waals surface area (Å²) in [5.41, 5.74) is 5.97. The summed E-state index contributed by atoms with van der Waals surface area (Å²) < 4.78 is 6.20. The van der Waals surface area contributed by atoms with Crippen molar-refractivity contribution in [1.82, 2.24) is 15.1 Å². The minimum Gasteiger partial charge on any atom is -0.419 e. The second-order valence-electron chi connectivity index (χ2n) is 8.58. The number of piperazine rings is 1. The van der Waals surface area contributed by atoms with Crippen molar-refractivity contribution in [3.05, 3.63) is 100 Å². The van der Waals surface area contributed by atoms with E-state index in [4.69, 9.17) is 16.0 Å². The van der Waals surface area contributed by atoms with Gasteiger partial charge in [-0.05, 0) is 55.3 Å². The number of rotatable bonds is 5. The van der Waals surface area contributed by atoms with Gasteiger partial charge in [0.2, 0.25) is 11.8 Å². The van der Waals surface area contributed by atoms with E-state index in [2.05, 4.69) is 76.3 Å². The minimum absolute atomic E-state index is 0.0824.